The van der Waals surface area contributed by atoms with Crippen LogP contribution in [0.4, 0.5) is 0 Å². The maximum Gasteiger partial charge on any atom is 0.341 e. The quantitative estimate of drug-likeness (QED) is 0.320. The van der Waals surface area contributed by atoms with Crippen molar-refractivity contribution in [1.82, 2.24) is 4.57 Å². The summed E-state index contributed by atoms with van der Waals surface area (Å²) < 4.78 is 13.3. The molecule has 0 radical (unpaired) electrons. The summed E-state index contributed by atoms with van der Waals surface area (Å²) in [5.74, 6) is -0.820. The zero-order chi connectivity index (χ0) is 29.0. The monoisotopic (exact) mass is 626 g/mol. The molecule has 8 nitrogen and oxygen atoms in total. The number of aliphatic carboxylic acids is 1. The second-order valence-corrected chi connectivity index (χ2v) is 11.5. The van der Waals surface area contributed by atoms with Crippen molar-refractivity contribution >= 4 is 45.3 Å². The van der Waals surface area contributed by atoms with Crippen molar-refractivity contribution in [3.63, 3.8) is 0 Å². The summed E-state index contributed by atoms with van der Waals surface area (Å²) in [4.78, 5) is 43.4. The van der Waals surface area contributed by atoms with Gasteiger partial charge in [0.2, 0.25) is 0 Å². The predicted molar refractivity (Wildman–Crippen MR) is 157 cm³/mol. The molecule has 0 unspecified atom stereocenters. The Morgan fingerprint density at radius 3 is 2.50 bits per heavy atom. The van der Waals surface area contributed by atoms with E-state index >= 15 is 0 Å². The van der Waals surface area contributed by atoms with Gasteiger partial charge in [0.05, 0.1) is 32.9 Å². The van der Waals surface area contributed by atoms with Crippen LogP contribution in [0.1, 0.15) is 69.2 Å². The van der Waals surface area contributed by atoms with Gasteiger partial charge in [0.25, 0.3) is 5.56 Å². The van der Waals surface area contributed by atoms with Crippen molar-refractivity contribution in [2.24, 2.45) is 4.99 Å². The lowest BCUT2D eigenvalue weighted by Gasteiger charge is -2.26. The van der Waals surface area contributed by atoms with Crippen molar-refractivity contribution in [3.8, 4) is 5.75 Å². The number of halogens is 1. The molecule has 1 atom stereocenters. The summed E-state index contributed by atoms with van der Waals surface area (Å²) in [5, 5.41) is 8.88. The minimum atomic E-state index is -1.07. The summed E-state index contributed by atoms with van der Waals surface area (Å²) in [6.07, 6.45) is 3.10. The first kappa shape index (κ1) is 29.5. The van der Waals surface area contributed by atoms with E-state index in [-0.39, 0.29) is 12.2 Å². The Hall–Kier alpha value is -3.50. The van der Waals surface area contributed by atoms with Crippen LogP contribution in [0, 0.1) is 0 Å². The Kier molecular flexibility index (Phi) is 9.42. The Morgan fingerprint density at radius 1 is 1.18 bits per heavy atom. The third-order valence-electron chi connectivity index (χ3n) is 6.42. The van der Waals surface area contributed by atoms with Crippen LogP contribution in [0.25, 0.3) is 6.08 Å². The average molecular weight is 628 g/mol. The minimum Gasteiger partial charge on any atom is -0.481 e. The number of aromatic nitrogens is 1. The fourth-order valence-corrected chi connectivity index (χ4v) is 6.05. The van der Waals surface area contributed by atoms with E-state index in [9.17, 15) is 14.4 Å². The van der Waals surface area contributed by atoms with Crippen LogP contribution >= 0.6 is 27.3 Å². The summed E-state index contributed by atoms with van der Waals surface area (Å²) in [5.41, 5.74) is 3.45. The molecular formula is C30H31BrN2O6S. The zero-order valence-corrected chi connectivity index (χ0v) is 25.2. The van der Waals surface area contributed by atoms with Crippen molar-refractivity contribution in [2.45, 2.75) is 52.5 Å². The minimum absolute atomic E-state index is 0.215. The van der Waals surface area contributed by atoms with Crippen LogP contribution < -0.4 is 19.6 Å². The first-order chi connectivity index (χ1) is 19.1. The second kappa shape index (κ2) is 12.8. The van der Waals surface area contributed by atoms with Crippen LogP contribution in [0.3, 0.4) is 0 Å². The van der Waals surface area contributed by atoms with Gasteiger partial charge in [-0.3, -0.25) is 9.36 Å². The number of nitrogens with zero attached hydrogens (tertiary/aromatic N) is 2. The highest BCUT2D eigenvalue weighted by atomic mass is 79.9. The summed E-state index contributed by atoms with van der Waals surface area (Å²) in [6, 6.07) is 12.5. The number of ether oxygens (including phenoxy) is 2. The van der Waals surface area contributed by atoms with Crippen molar-refractivity contribution < 1.29 is 24.2 Å². The maximum atomic E-state index is 13.9. The number of thiazole rings is 1. The summed E-state index contributed by atoms with van der Waals surface area (Å²) in [6.45, 7) is 7.77. The maximum absolute atomic E-state index is 13.9. The SMILES string of the molecule is CCCC1=C(C(=O)OCC)[C@H](c2ccc(C(C)C)cc2)n2c(s/c(=C/c3ccc(OCC(=O)O)c(Br)c3)c2=O)=N1. The van der Waals surface area contributed by atoms with E-state index in [1.807, 2.05) is 31.2 Å². The van der Waals surface area contributed by atoms with Crippen LogP contribution in [0.15, 0.2) is 68.0 Å². The average Bonchev–Trinajstić information content (AvgIpc) is 3.22. The van der Waals surface area contributed by atoms with E-state index in [1.54, 1.807) is 35.8 Å². The molecule has 1 aliphatic heterocycles. The number of carbonyl (C=O) groups excluding carboxylic acids is 1. The third-order valence-corrected chi connectivity index (χ3v) is 8.02. The molecule has 0 amide bonds. The molecule has 0 spiro atoms. The number of carboxylic acids is 1. The zero-order valence-electron chi connectivity index (χ0n) is 22.8. The molecule has 0 fully saturated rings. The topological polar surface area (TPSA) is 107 Å². The standard InChI is InChI=1S/C30H31BrN2O6S/c1-5-7-22-26(29(37)38-6-2)27(20-11-9-19(10-12-20)17(3)4)33-28(36)24(40-30(33)32-22)15-18-8-13-23(21(31)14-18)39-16-25(34)35/h8-15,17,27H,5-7,16H2,1-4H3,(H,34,35)/b24-15+/t27-/m0/s1. The van der Waals surface area contributed by atoms with Gasteiger partial charge in [0, 0.05) is 0 Å². The number of benzene rings is 2. The molecule has 1 aliphatic rings. The highest BCUT2D eigenvalue weighted by Crippen LogP contribution is 2.33. The van der Waals surface area contributed by atoms with Gasteiger partial charge in [-0.05, 0) is 70.1 Å². The molecule has 0 aliphatic carbocycles. The van der Waals surface area contributed by atoms with E-state index in [2.05, 4.69) is 29.8 Å². The molecule has 2 aromatic carbocycles. The van der Waals surface area contributed by atoms with Crippen LogP contribution in [-0.2, 0) is 14.3 Å². The summed E-state index contributed by atoms with van der Waals surface area (Å²) >= 11 is 4.67. The van der Waals surface area contributed by atoms with Crippen LogP contribution in [-0.4, -0.2) is 34.8 Å². The number of allylic oxidation sites excluding steroid dienone is 1. The van der Waals surface area contributed by atoms with Crippen molar-refractivity contribution in [2.75, 3.05) is 13.2 Å². The van der Waals surface area contributed by atoms with Gasteiger partial charge in [-0.15, -0.1) is 0 Å². The van der Waals surface area contributed by atoms with Crippen LogP contribution in [0.2, 0.25) is 0 Å². The van der Waals surface area contributed by atoms with Gasteiger partial charge in [0.1, 0.15) is 5.75 Å². The number of carboxylic acid groups (broad SMARTS) is 1. The fourth-order valence-electron chi connectivity index (χ4n) is 4.51. The third kappa shape index (κ3) is 6.28. The van der Waals surface area contributed by atoms with E-state index in [1.165, 1.54) is 11.3 Å². The Morgan fingerprint density at radius 2 is 1.90 bits per heavy atom. The van der Waals surface area contributed by atoms with Crippen molar-refractivity contribution in [1.29, 1.82) is 0 Å². The second-order valence-electron chi connectivity index (χ2n) is 9.61. The van der Waals surface area contributed by atoms with Gasteiger partial charge in [-0.2, -0.15) is 0 Å². The molecule has 10 heteroatoms. The Bertz CT molecular complexity index is 1640. The fraction of sp³-hybridized carbons (Fsp3) is 0.333. The lowest BCUT2D eigenvalue weighted by Crippen LogP contribution is -2.40. The van der Waals surface area contributed by atoms with E-state index in [4.69, 9.17) is 19.6 Å². The molecule has 210 valence electrons. The Labute approximate surface area is 244 Å². The largest absolute Gasteiger partial charge is 0.481 e. The number of esters is 1. The lowest BCUT2D eigenvalue weighted by atomic mass is 9.92. The lowest BCUT2D eigenvalue weighted by molar-refractivity contribution is -0.140. The molecule has 40 heavy (non-hydrogen) atoms. The molecule has 0 saturated heterocycles. The van der Waals surface area contributed by atoms with Gasteiger partial charge >= 0.3 is 11.9 Å². The number of rotatable bonds is 10. The van der Waals surface area contributed by atoms with E-state index < -0.39 is 24.6 Å². The smallest absolute Gasteiger partial charge is 0.341 e. The number of hydrogen-bond acceptors (Lipinski definition) is 7. The molecular weight excluding hydrogens is 596 g/mol. The van der Waals surface area contributed by atoms with Crippen LogP contribution in [0.5, 0.6) is 5.75 Å². The van der Waals surface area contributed by atoms with Gasteiger partial charge < -0.3 is 14.6 Å². The van der Waals surface area contributed by atoms with E-state index in [0.717, 1.165) is 23.1 Å². The number of fused-ring (bicyclic) bond motifs is 1. The highest BCUT2D eigenvalue weighted by molar-refractivity contribution is 9.10. The Balaban J connectivity index is 1.88. The number of hydrogen-bond donors (Lipinski definition) is 1. The summed E-state index contributed by atoms with van der Waals surface area (Å²) in [7, 11) is 0. The first-order valence-electron chi connectivity index (χ1n) is 13.1. The molecule has 2 heterocycles. The van der Waals surface area contributed by atoms with Gasteiger partial charge in [0.15, 0.2) is 11.4 Å². The first-order valence-corrected chi connectivity index (χ1v) is 14.7. The molecule has 0 bridgehead atoms. The molecule has 3 aromatic rings. The predicted octanol–water partition coefficient (Wildman–Crippen LogP) is 4.93. The molecule has 4 rings (SSSR count). The van der Waals surface area contributed by atoms with Gasteiger partial charge in [-0.25, -0.2) is 14.6 Å². The molecule has 1 N–H and O–H groups in total. The number of carbonyl (C=O) groups is 2. The molecule has 1 aromatic heterocycles. The normalized spacial score (nSPS) is 15.2. The van der Waals surface area contributed by atoms with E-state index in [0.29, 0.717) is 43.2 Å². The highest BCUT2D eigenvalue weighted by Gasteiger charge is 2.34. The molecule has 0 saturated carbocycles. The van der Waals surface area contributed by atoms with Gasteiger partial charge in [-0.1, -0.05) is 68.9 Å². The van der Waals surface area contributed by atoms with Crippen molar-refractivity contribution in [3.05, 3.63) is 94.6 Å².